The fraction of sp³-hybridized carbons (Fsp3) is 0.381. The lowest BCUT2D eigenvalue weighted by molar-refractivity contribution is -0.384. The highest BCUT2D eigenvalue weighted by atomic mass is 35.5. The molecule has 0 heterocycles. The molecular weight excluding hydrogens is 429 g/mol. The van der Waals surface area contributed by atoms with Gasteiger partial charge in [-0.1, -0.05) is 6.07 Å². The number of hydrogen-bond donors (Lipinski definition) is 2. The van der Waals surface area contributed by atoms with Gasteiger partial charge in [-0.15, -0.1) is 23.2 Å². The van der Waals surface area contributed by atoms with E-state index in [-0.39, 0.29) is 12.3 Å². The number of anilines is 1. The van der Waals surface area contributed by atoms with Gasteiger partial charge in [0.15, 0.2) is 0 Å². The van der Waals surface area contributed by atoms with E-state index in [4.69, 9.17) is 23.2 Å². The van der Waals surface area contributed by atoms with Crippen LogP contribution in [0.5, 0.6) is 0 Å². The van der Waals surface area contributed by atoms with Gasteiger partial charge in [0.2, 0.25) is 0 Å². The van der Waals surface area contributed by atoms with Crippen LogP contribution in [0.4, 0.5) is 11.4 Å². The van der Waals surface area contributed by atoms with Crippen molar-refractivity contribution in [1.29, 1.82) is 0 Å². The molecule has 30 heavy (non-hydrogen) atoms. The molecule has 0 saturated carbocycles. The van der Waals surface area contributed by atoms with Crippen molar-refractivity contribution in [2.75, 3.05) is 36.4 Å². The van der Waals surface area contributed by atoms with Gasteiger partial charge in [-0.3, -0.25) is 15.1 Å². The number of nitrogens with zero attached hydrogens (tertiary/aromatic N) is 3. The van der Waals surface area contributed by atoms with E-state index in [1.165, 1.54) is 24.3 Å². The molecule has 2 aromatic rings. The van der Waals surface area contributed by atoms with Gasteiger partial charge in [-0.2, -0.15) is 0 Å². The van der Waals surface area contributed by atoms with Gasteiger partial charge in [-0.05, 0) is 47.9 Å². The minimum atomic E-state index is -1.09. The number of nitro benzene ring substituents is 1. The SMILES string of the molecule is Cc1cc(N(CCCl)CCCl)ccc1C=N[C@H](CO)[C@H](O)c1ccc([N+](=O)[O-])cc1. The lowest BCUT2D eigenvalue weighted by atomic mass is 10.0. The van der Waals surface area contributed by atoms with Crippen molar-refractivity contribution >= 4 is 40.8 Å². The molecule has 0 bridgehead atoms. The molecule has 0 spiro atoms. The number of aliphatic imine (C=N–C) groups is 1. The summed E-state index contributed by atoms with van der Waals surface area (Å²) >= 11 is 11.7. The van der Waals surface area contributed by atoms with Crippen molar-refractivity contribution < 1.29 is 15.1 Å². The van der Waals surface area contributed by atoms with Gasteiger partial charge in [0.05, 0.1) is 11.5 Å². The first-order valence-electron chi connectivity index (χ1n) is 9.45. The van der Waals surface area contributed by atoms with Crippen LogP contribution in [0, 0.1) is 17.0 Å². The van der Waals surface area contributed by atoms with Crippen LogP contribution < -0.4 is 4.90 Å². The number of aliphatic hydroxyl groups excluding tert-OH is 2. The fourth-order valence-electron chi connectivity index (χ4n) is 3.00. The summed E-state index contributed by atoms with van der Waals surface area (Å²) in [5, 5.41) is 31.0. The Bertz CT molecular complexity index is 856. The van der Waals surface area contributed by atoms with Crippen LogP contribution in [0.25, 0.3) is 0 Å². The Morgan fingerprint density at radius 3 is 2.30 bits per heavy atom. The largest absolute Gasteiger partial charge is 0.394 e. The van der Waals surface area contributed by atoms with E-state index in [2.05, 4.69) is 9.89 Å². The van der Waals surface area contributed by atoms with Gasteiger partial charge >= 0.3 is 0 Å². The highest BCUT2D eigenvalue weighted by Gasteiger charge is 2.20. The number of aliphatic hydroxyl groups is 2. The Hall–Kier alpha value is -2.19. The third kappa shape index (κ3) is 6.40. The van der Waals surface area contributed by atoms with Gasteiger partial charge in [0, 0.05) is 48.9 Å². The van der Waals surface area contributed by atoms with Gasteiger partial charge < -0.3 is 15.1 Å². The molecule has 0 saturated heterocycles. The molecule has 9 heteroatoms. The summed E-state index contributed by atoms with van der Waals surface area (Å²) in [5.41, 5.74) is 3.22. The summed E-state index contributed by atoms with van der Waals surface area (Å²) in [5.74, 6) is 0.996. The number of nitro groups is 1. The standard InChI is InChI=1S/C21H25Cl2N3O4/c1-15-12-19(25(10-8-22)11-9-23)7-4-17(15)13-24-20(14-27)21(28)16-2-5-18(6-3-16)26(29)30/h2-7,12-13,20-21,27-28H,8-11,14H2,1H3/t20-,21-/m1/s1. The van der Waals surface area contributed by atoms with Crippen LogP contribution in [-0.2, 0) is 0 Å². The normalized spacial score (nSPS) is 13.4. The number of aryl methyl sites for hydroxylation is 1. The maximum atomic E-state index is 10.8. The zero-order valence-electron chi connectivity index (χ0n) is 16.6. The van der Waals surface area contributed by atoms with E-state index in [0.717, 1.165) is 16.8 Å². The van der Waals surface area contributed by atoms with E-state index in [1.54, 1.807) is 6.21 Å². The van der Waals surface area contributed by atoms with Crippen LogP contribution in [0.1, 0.15) is 22.8 Å². The molecule has 162 valence electrons. The Balaban J connectivity index is 2.16. The second kappa shape index (κ2) is 11.9. The Kier molecular flexibility index (Phi) is 9.52. The summed E-state index contributed by atoms with van der Waals surface area (Å²) in [6, 6.07) is 10.6. The lowest BCUT2D eigenvalue weighted by Crippen LogP contribution is -2.27. The summed E-state index contributed by atoms with van der Waals surface area (Å²) in [6.45, 7) is 2.96. The molecule has 2 rings (SSSR count). The summed E-state index contributed by atoms with van der Waals surface area (Å²) < 4.78 is 0. The van der Waals surface area contributed by atoms with Crippen LogP contribution >= 0.6 is 23.2 Å². The minimum Gasteiger partial charge on any atom is -0.394 e. The maximum absolute atomic E-state index is 10.8. The fourth-order valence-corrected chi connectivity index (χ4v) is 3.40. The number of benzene rings is 2. The molecule has 0 aromatic heterocycles. The predicted octanol–water partition coefficient (Wildman–Crippen LogP) is 3.70. The van der Waals surface area contributed by atoms with Crippen molar-refractivity contribution in [1.82, 2.24) is 0 Å². The van der Waals surface area contributed by atoms with Crippen LogP contribution in [0.2, 0.25) is 0 Å². The molecule has 0 fully saturated rings. The topological polar surface area (TPSA) is 99.2 Å². The smallest absolute Gasteiger partial charge is 0.269 e. The van der Waals surface area contributed by atoms with Crippen molar-refractivity contribution in [3.63, 3.8) is 0 Å². The Morgan fingerprint density at radius 1 is 1.17 bits per heavy atom. The number of hydrogen-bond acceptors (Lipinski definition) is 6. The van der Waals surface area contributed by atoms with Gasteiger partial charge in [0.1, 0.15) is 12.1 Å². The first-order chi connectivity index (χ1) is 14.4. The molecule has 0 amide bonds. The van der Waals surface area contributed by atoms with E-state index in [1.807, 2.05) is 25.1 Å². The van der Waals surface area contributed by atoms with Crippen LogP contribution in [0.15, 0.2) is 47.5 Å². The maximum Gasteiger partial charge on any atom is 0.269 e. The van der Waals surface area contributed by atoms with E-state index in [9.17, 15) is 20.3 Å². The third-order valence-electron chi connectivity index (χ3n) is 4.73. The van der Waals surface area contributed by atoms with Crippen molar-refractivity contribution in [3.8, 4) is 0 Å². The first kappa shape index (κ1) is 24.1. The first-order valence-corrected chi connectivity index (χ1v) is 10.5. The molecule has 7 nitrogen and oxygen atoms in total. The molecule has 0 radical (unpaired) electrons. The molecule has 0 aliphatic heterocycles. The van der Waals surface area contributed by atoms with E-state index in [0.29, 0.717) is 30.4 Å². The van der Waals surface area contributed by atoms with Crippen LogP contribution in [-0.4, -0.2) is 58.8 Å². The second-order valence-corrected chi connectivity index (χ2v) is 7.48. The average Bonchev–Trinajstić information content (AvgIpc) is 2.74. The molecule has 0 aliphatic carbocycles. The van der Waals surface area contributed by atoms with Gasteiger partial charge in [0.25, 0.3) is 5.69 Å². The van der Waals surface area contributed by atoms with Gasteiger partial charge in [-0.25, -0.2) is 0 Å². The third-order valence-corrected chi connectivity index (χ3v) is 5.07. The number of halogens is 2. The molecular formula is C21H25Cl2N3O4. The van der Waals surface area contributed by atoms with Crippen molar-refractivity contribution in [2.24, 2.45) is 4.99 Å². The molecule has 2 N–H and O–H groups in total. The molecule has 2 aromatic carbocycles. The monoisotopic (exact) mass is 453 g/mol. The Labute approximate surface area is 185 Å². The zero-order chi connectivity index (χ0) is 22.1. The average molecular weight is 454 g/mol. The Morgan fingerprint density at radius 2 is 1.80 bits per heavy atom. The number of alkyl halides is 2. The summed E-state index contributed by atoms with van der Waals surface area (Å²) in [6.07, 6.45) is 0.525. The lowest BCUT2D eigenvalue weighted by Gasteiger charge is -2.23. The minimum absolute atomic E-state index is 0.0666. The molecule has 0 unspecified atom stereocenters. The highest BCUT2D eigenvalue weighted by Crippen LogP contribution is 2.23. The molecule has 2 atom stereocenters. The number of rotatable bonds is 11. The number of non-ortho nitro benzene ring substituents is 1. The summed E-state index contributed by atoms with van der Waals surface area (Å²) in [7, 11) is 0. The summed E-state index contributed by atoms with van der Waals surface area (Å²) in [4.78, 5) is 16.7. The van der Waals surface area contributed by atoms with Crippen LogP contribution in [0.3, 0.4) is 0 Å². The van der Waals surface area contributed by atoms with E-state index < -0.39 is 17.1 Å². The van der Waals surface area contributed by atoms with E-state index >= 15 is 0 Å². The van der Waals surface area contributed by atoms with Crippen molar-refractivity contribution in [2.45, 2.75) is 19.1 Å². The van der Waals surface area contributed by atoms with Crippen molar-refractivity contribution in [3.05, 3.63) is 69.3 Å². The predicted molar refractivity (Wildman–Crippen MR) is 121 cm³/mol. The molecule has 0 aliphatic rings. The highest BCUT2D eigenvalue weighted by molar-refractivity contribution is 6.18. The quantitative estimate of drug-likeness (QED) is 0.234. The zero-order valence-corrected chi connectivity index (χ0v) is 18.1. The second-order valence-electron chi connectivity index (χ2n) is 6.73.